The van der Waals surface area contributed by atoms with Crippen LogP contribution >= 0.6 is 0 Å². The minimum absolute atomic E-state index is 0.0146. The van der Waals surface area contributed by atoms with Crippen molar-refractivity contribution in [3.63, 3.8) is 0 Å². The molecule has 0 unspecified atom stereocenters. The van der Waals surface area contributed by atoms with Gasteiger partial charge in [-0.15, -0.1) is 0 Å². The Kier molecular flexibility index (Phi) is 3.15. The predicted molar refractivity (Wildman–Crippen MR) is 68.5 cm³/mol. The lowest BCUT2D eigenvalue weighted by Crippen LogP contribution is -2.46. The van der Waals surface area contributed by atoms with Gasteiger partial charge in [-0.1, -0.05) is 12.2 Å². The highest BCUT2D eigenvalue weighted by atomic mass is 16.8. The summed E-state index contributed by atoms with van der Waals surface area (Å²) in [5.74, 6) is -0.789. The van der Waals surface area contributed by atoms with Crippen molar-refractivity contribution in [1.82, 2.24) is 4.90 Å². The first-order chi connectivity index (χ1) is 8.98. The number of rotatable bonds is 2. The van der Waals surface area contributed by atoms with Gasteiger partial charge in [-0.2, -0.15) is 0 Å². The molecule has 5 heteroatoms. The van der Waals surface area contributed by atoms with Crippen LogP contribution in [-0.4, -0.2) is 54.1 Å². The zero-order valence-electron chi connectivity index (χ0n) is 11.7. The molecule has 2 fully saturated rings. The molecular formula is C14H21NO4. The van der Waals surface area contributed by atoms with Crippen LogP contribution in [0.3, 0.4) is 0 Å². The number of carbonyl (C=O) groups excluding carboxylic acids is 1. The maximum Gasteiger partial charge on any atom is 0.302 e. The Morgan fingerprint density at radius 3 is 2.84 bits per heavy atom. The summed E-state index contributed by atoms with van der Waals surface area (Å²) in [7, 11) is 0. The van der Waals surface area contributed by atoms with E-state index in [1.165, 1.54) is 6.92 Å². The first-order valence-corrected chi connectivity index (χ1v) is 6.88. The normalized spacial score (nSPS) is 39.9. The SMILES string of the molecule is CC(=O)OC[C@H]1[C@H]2OC(C)(C)O[C@H]2[C@@H]2CC=CCN21. The number of esters is 1. The molecular weight excluding hydrogens is 246 g/mol. The van der Waals surface area contributed by atoms with E-state index in [4.69, 9.17) is 14.2 Å². The number of fused-ring (bicyclic) bond motifs is 3. The summed E-state index contributed by atoms with van der Waals surface area (Å²) in [6.45, 7) is 6.57. The maximum atomic E-state index is 11.1. The van der Waals surface area contributed by atoms with Crippen molar-refractivity contribution in [3.05, 3.63) is 12.2 Å². The largest absolute Gasteiger partial charge is 0.464 e. The molecule has 0 bridgehead atoms. The molecule has 0 amide bonds. The van der Waals surface area contributed by atoms with Gasteiger partial charge in [0.05, 0.1) is 6.04 Å². The standard InChI is InChI=1S/C14H21NO4/c1-9(16)17-8-11-13-12(18-14(2,3)19-13)10-6-4-5-7-15(10)11/h4-5,10-13H,6-8H2,1-3H3/t10-,11-,12-,13+/m0/s1. The van der Waals surface area contributed by atoms with Crippen molar-refractivity contribution in [2.24, 2.45) is 0 Å². The van der Waals surface area contributed by atoms with E-state index >= 15 is 0 Å². The number of ether oxygens (including phenoxy) is 3. The van der Waals surface area contributed by atoms with Crippen LogP contribution in [0.1, 0.15) is 27.2 Å². The van der Waals surface area contributed by atoms with Crippen LogP contribution in [0.4, 0.5) is 0 Å². The zero-order chi connectivity index (χ0) is 13.6. The molecule has 5 nitrogen and oxygen atoms in total. The Bertz CT molecular complexity index is 406. The van der Waals surface area contributed by atoms with E-state index in [-0.39, 0.29) is 24.2 Å². The molecule has 3 aliphatic heterocycles. The molecule has 0 saturated carbocycles. The van der Waals surface area contributed by atoms with Gasteiger partial charge in [0.2, 0.25) is 0 Å². The highest BCUT2D eigenvalue weighted by molar-refractivity contribution is 5.65. The maximum absolute atomic E-state index is 11.1. The van der Waals surface area contributed by atoms with Gasteiger partial charge in [-0.3, -0.25) is 9.69 Å². The van der Waals surface area contributed by atoms with Crippen molar-refractivity contribution in [2.75, 3.05) is 13.2 Å². The molecule has 3 rings (SSSR count). The molecule has 0 aliphatic carbocycles. The third-order valence-electron chi connectivity index (χ3n) is 4.09. The first-order valence-electron chi connectivity index (χ1n) is 6.88. The van der Waals surface area contributed by atoms with E-state index in [0.29, 0.717) is 12.6 Å². The summed E-state index contributed by atoms with van der Waals surface area (Å²) in [5.41, 5.74) is 0. The van der Waals surface area contributed by atoms with Crippen molar-refractivity contribution in [3.8, 4) is 0 Å². The van der Waals surface area contributed by atoms with Crippen LogP contribution in [-0.2, 0) is 19.0 Å². The Hall–Kier alpha value is -0.910. The van der Waals surface area contributed by atoms with Gasteiger partial charge in [0, 0.05) is 19.5 Å². The zero-order valence-corrected chi connectivity index (χ0v) is 11.7. The van der Waals surface area contributed by atoms with Crippen LogP contribution in [0.5, 0.6) is 0 Å². The van der Waals surface area contributed by atoms with Crippen molar-refractivity contribution in [2.45, 2.75) is 57.3 Å². The Morgan fingerprint density at radius 2 is 2.11 bits per heavy atom. The molecule has 0 radical (unpaired) electrons. The Morgan fingerprint density at radius 1 is 1.37 bits per heavy atom. The minimum Gasteiger partial charge on any atom is -0.464 e. The number of hydrogen-bond donors (Lipinski definition) is 0. The second kappa shape index (κ2) is 4.58. The number of nitrogens with zero attached hydrogens (tertiary/aromatic N) is 1. The second-order valence-electron chi connectivity index (χ2n) is 5.91. The van der Waals surface area contributed by atoms with Crippen molar-refractivity contribution in [1.29, 1.82) is 0 Å². The van der Waals surface area contributed by atoms with Crippen LogP contribution < -0.4 is 0 Å². The van der Waals surface area contributed by atoms with Crippen molar-refractivity contribution >= 4 is 5.97 Å². The smallest absolute Gasteiger partial charge is 0.302 e. The molecule has 3 heterocycles. The quantitative estimate of drug-likeness (QED) is 0.553. The summed E-state index contributed by atoms with van der Waals surface area (Å²) >= 11 is 0. The van der Waals surface area contributed by atoms with Crippen molar-refractivity contribution < 1.29 is 19.0 Å². The van der Waals surface area contributed by atoms with Gasteiger partial charge in [-0.05, 0) is 20.3 Å². The van der Waals surface area contributed by atoms with Gasteiger partial charge in [0.25, 0.3) is 0 Å². The Labute approximate surface area is 113 Å². The van der Waals surface area contributed by atoms with E-state index in [0.717, 1.165) is 13.0 Å². The average molecular weight is 267 g/mol. The van der Waals surface area contributed by atoms with Crippen LogP contribution in [0.15, 0.2) is 12.2 Å². The molecule has 0 aromatic carbocycles. The molecule has 0 spiro atoms. The lowest BCUT2D eigenvalue weighted by Gasteiger charge is -2.34. The summed E-state index contributed by atoms with van der Waals surface area (Å²) in [6, 6.07) is 0.419. The molecule has 2 saturated heterocycles. The van der Waals surface area contributed by atoms with Crippen LogP contribution in [0, 0.1) is 0 Å². The third-order valence-corrected chi connectivity index (χ3v) is 4.09. The molecule has 3 aliphatic rings. The minimum atomic E-state index is -0.545. The van der Waals surface area contributed by atoms with Gasteiger partial charge in [0.1, 0.15) is 18.8 Å². The molecule has 0 aromatic rings. The third kappa shape index (κ3) is 2.30. The fraction of sp³-hybridized carbons (Fsp3) is 0.786. The molecule has 0 aromatic heterocycles. The van der Waals surface area contributed by atoms with E-state index in [1.54, 1.807) is 0 Å². The highest BCUT2D eigenvalue weighted by Gasteiger charge is 2.57. The van der Waals surface area contributed by atoms with Gasteiger partial charge in [-0.25, -0.2) is 0 Å². The number of hydrogen-bond acceptors (Lipinski definition) is 5. The van der Waals surface area contributed by atoms with Gasteiger partial charge < -0.3 is 14.2 Å². The summed E-state index contributed by atoms with van der Waals surface area (Å²) in [5, 5.41) is 0. The summed E-state index contributed by atoms with van der Waals surface area (Å²) in [4.78, 5) is 13.4. The molecule has 19 heavy (non-hydrogen) atoms. The monoisotopic (exact) mass is 267 g/mol. The molecule has 106 valence electrons. The predicted octanol–water partition coefficient (Wildman–Crippen LogP) is 1.08. The van der Waals surface area contributed by atoms with E-state index < -0.39 is 5.79 Å². The lowest BCUT2D eigenvalue weighted by molar-refractivity contribution is -0.171. The fourth-order valence-corrected chi connectivity index (χ4v) is 3.40. The van der Waals surface area contributed by atoms with E-state index in [9.17, 15) is 4.79 Å². The topological polar surface area (TPSA) is 48.0 Å². The molecule has 4 atom stereocenters. The van der Waals surface area contributed by atoms with Gasteiger partial charge >= 0.3 is 5.97 Å². The molecule has 0 N–H and O–H groups in total. The van der Waals surface area contributed by atoms with E-state index in [1.807, 2.05) is 13.8 Å². The Balaban J connectivity index is 1.80. The second-order valence-corrected chi connectivity index (χ2v) is 5.91. The summed E-state index contributed by atoms with van der Waals surface area (Å²) < 4.78 is 17.3. The average Bonchev–Trinajstić information content (AvgIpc) is 2.78. The lowest BCUT2D eigenvalue weighted by atomic mass is 10.0. The van der Waals surface area contributed by atoms with Gasteiger partial charge in [0.15, 0.2) is 5.79 Å². The fourth-order valence-electron chi connectivity index (χ4n) is 3.40. The van der Waals surface area contributed by atoms with E-state index in [2.05, 4.69) is 17.1 Å². The number of carbonyl (C=O) groups is 1. The first kappa shape index (κ1) is 13.1. The highest BCUT2D eigenvalue weighted by Crippen LogP contribution is 2.42. The van der Waals surface area contributed by atoms with Crippen LogP contribution in [0.25, 0.3) is 0 Å². The summed E-state index contributed by atoms with van der Waals surface area (Å²) in [6.07, 6.45) is 5.38. The van der Waals surface area contributed by atoms with Crippen LogP contribution in [0.2, 0.25) is 0 Å².